The maximum atomic E-state index is 14.2. The molecule has 1 unspecified atom stereocenters. The van der Waals surface area contributed by atoms with Crippen LogP contribution in [-0.2, 0) is 11.3 Å². The number of nitrogens with zero attached hydrogens (tertiary/aromatic N) is 1. The quantitative estimate of drug-likeness (QED) is 0.915. The Kier molecular flexibility index (Phi) is 4.62. The van der Waals surface area contributed by atoms with Gasteiger partial charge in [-0.3, -0.25) is 4.90 Å². The van der Waals surface area contributed by atoms with Crippen LogP contribution in [0.5, 0.6) is 5.75 Å². The highest BCUT2D eigenvalue weighted by atomic mass is 19.1. The normalized spacial score (nSPS) is 22.8. The van der Waals surface area contributed by atoms with Gasteiger partial charge < -0.3 is 14.6 Å². The molecule has 1 aliphatic rings. The van der Waals surface area contributed by atoms with Crippen LogP contribution in [0.2, 0.25) is 0 Å². The third-order valence-electron chi connectivity index (χ3n) is 3.41. The molecule has 0 aliphatic carbocycles. The number of aliphatic hydroxyl groups is 1. The lowest BCUT2D eigenvalue weighted by molar-refractivity contribution is -0.150. The van der Waals surface area contributed by atoms with Gasteiger partial charge in [0.05, 0.1) is 25.4 Å². The molecule has 5 heteroatoms. The van der Waals surface area contributed by atoms with E-state index in [0.29, 0.717) is 25.2 Å². The molecule has 1 aromatic carbocycles. The van der Waals surface area contributed by atoms with Crippen LogP contribution in [0.15, 0.2) is 18.2 Å². The molecule has 20 heavy (non-hydrogen) atoms. The standard InChI is InChI=1S/C15H22FNO3/c1-15(2)10-17(8-12(9-18)20-15)7-11-5-4-6-13(19-3)14(11)16/h4-6,12,18H,7-10H2,1-3H3. The molecule has 1 aromatic rings. The molecule has 1 fully saturated rings. The molecular formula is C15H22FNO3. The molecule has 1 atom stereocenters. The van der Waals surface area contributed by atoms with Crippen LogP contribution in [-0.4, -0.2) is 48.5 Å². The van der Waals surface area contributed by atoms with Gasteiger partial charge in [0.25, 0.3) is 0 Å². The summed E-state index contributed by atoms with van der Waals surface area (Å²) >= 11 is 0. The summed E-state index contributed by atoms with van der Waals surface area (Å²) in [7, 11) is 1.46. The van der Waals surface area contributed by atoms with Crippen LogP contribution in [0.4, 0.5) is 4.39 Å². The zero-order chi connectivity index (χ0) is 14.8. The number of benzene rings is 1. The Labute approximate surface area is 119 Å². The SMILES string of the molecule is COc1cccc(CN2CC(CO)OC(C)(C)C2)c1F. The van der Waals surface area contributed by atoms with Gasteiger partial charge in [-0.15, -0.1) is 0 Å². The highest BCUT2D eigenvalue weighted by Gasteiger charge is 2.33. The van der Waals surface area contributed by atoms with Crippen molar-refractivity contribution in [1.29, 1.82) is 0 Å². The van der Waals surface area contributed by atoms with Crippen LogP contribution in [0.25, 0.3) is 0 Å². The highest BCUT2D eigenvalue weighted by Crippen LogP contribution is 2.25. The number of hydrogen-bond acceptors (Lipinski definition) is 4. The van der Waals surface area contributed by atoms with E-state index >= 15 is 0 Å². The Bertz CT molecular complexity index is 464. The number of aliphatic hydroxyl groups excluding tert-OH is 1. The molecule has 1 heterocycles. The van der Waals surface area contributed by atoms with Gasteiger partial charge in [-0.2, -0.15) is 0 Å². The van der Waals surface area contributed by atoms with Gasteiger partial charge in [0, 0.05) is 25.2 Å². The Morgan fingerprint density at radius 3 is 2.90 bits per heavy atom. The van der Waals surface area contributed by atoms with Crippen LogP contribution in [0.1, 0.15) is 19.4 Å². The van der Waals surface area contributed by atoms with Crippen LogP contribution in [0.3, 0.4) is 0 Å². The first-order valence-electron chi connectivity index (χ1n) is 6.77. The fraction of sp³-hybridized carbons (Fsp3) is 0.600. The molecule has 1 aliphatic heterocycles. The van der Waals surface area contributed by atoms with E-state index in [0.717, 1.165) is 0 Å². The van der Waals surface area contributed by atoms with Crippen molar-refractivity contribution >= 4 is 0 Å². The Balaban J connectivity index is 2.13. The summed E-state index contributed by atoms with van der Waals surface area (Å²) in [6.45, 7) is 5.69. The van der Waals surface area contributed by atoms with Crippen molar-refractivity contribution in [3.8, 4) is 5.75 Å². The fourth-order valence-electron chi connectivity index (χ4n) is 2.71. The Morgan fingerprint density at radius 2 is 2.25 bits per heavy atom. The Morgan fingerprint density at radius 1 is 1.50 bits per heavy atom. The highest BCUT2D eigenvalue weighted by molar-refractivity contribution is 5.31. The molecule has 112 valence electrons. The van der Waals surface area contributed by atoms with E-state index in [2.05, 4.69) is 4.90 Å². The lowest BCUT2D eigenvalue weighted by atomic mass is 10.0. The topological polar surface area (TPSA) is 41.9 Å². The number of morpholine rings is 1. The first-order chi connectivity index (χ1) is 9.45. The maximum Gasteiger partial charge on any atom is 0.169 e. The first-order valence-corrected chi connectivity index (χ1v) is 6.77. The monoisotopic (exact) mass is 283 g/mol. The summed E-state index contributed by atoms with van der Waals surface area (Å²) in [5, 5.41) is 9.30. The maximum absolute atomic E-state index is 14.2. The van der Waals surface area contributed by atoms with Crippen molar-refractivity contribution in [3.63, 3.8) is 0 Å². The number of ether oxygens (including phenoxy) is 2. The zero-order valence-corrected chi connectivity index (χ0v) is 12.2. The smallest absolute Gasteiger partial charge is 0.169 e. The second-order valence-corrected chi connectivity index (χ2v) is 5.79. The third kappa shape index (κ3) is 3.48. The van der Waals surface area contributed by atoms with Crippen LogP contribution < -0.4 is 4.74 Å². The predicted octanol–water partition coefficient (Wildman–Crippen LogP) is 1.81. The van der Waals surface area contributed by atoms with Crippen LogP contribution >= 0.6 is 0 Å². The summed E-state index contributed by atoms with van der Waals surface area (Å²) in [4.78, 5) is 2.10. The van der Waals surface area contributed by atoms with Gasteiger partial charge in [-0.1, -0.05) is 12.1 Å². The molecule has 0 radical (unpaired) electrons. The van der Waals surface area contributed by atoms with Crippen molar-refractivity contribution in [2.75, 3.05) is 26.8 Å². The summed E-state index contributed by atoms with van der Waals surface area (Å²) in [5.41, 5.74) is 0.250. The first kappa shape index (κ1) is 15.2. The number of hydrogen-bond donors (Lipinski definition) is 1. The number of halogens is 1. The number of rotatable bonds is 4. The van der Waals surface area contributed by atoms with Gasteiger partial charge in [0.15, 0.2) is 11.6 Å². The molecule has 0 saturated carbocycles. The summed E-state index contributed by atoms with van der Waals surface area (Å²) in [6.07, 6.45) is -0.229. The second-order valence-electron chi connectivity index (χ2n) is 5.79. The van der Waals surface area contributed by atoms with Gasteiger partial charge in [0.2, 0.25) is 0 Å². The summed E-state index contributed by atoms with van der Waals surface area (Å²) < 4.78 is 24.9. The molecule has 1 N–H and O–H groups in total. The lowest BCUT2D eigenvalue weighted by Crippen LogP contribution is -2.53. The minimum absolute atomic E-state index is 0.0273. The molecule has 0 aromatic heterocycles. The van der Waals surface area contributed by atoms with Gasteiger partial charge in [0.1, 0.15) is 0 Å². The molecule has 0 amide bonds. The minimum Gasteiger partial charge on any atom is -0.494 e. The summed E-state index contributed by atoms with van der Waals surface area (Å²) in [6, 6.07) is 5.15. The molecule has 1 saturated heterocycles. The minimum atomic E-state index is -0.346. The molecule has 0 bridgehead atoms. The third-order valence-corrected chi connectivity index (χ3v) is 3.41. The van der Waals surface area contributed by atoms with E-state index in [9.17, 15) is 9.50 Å². The van der Waals surface area contributed by atoms with E-state index in [1.807, 2.05) is 13.8 Å². The predicted molar refractivity (Wildman–Crippen MR) is 74.3 cm³/mol. The van der Waals surface area contributed by atoms with E-state index in [1.54, 1.807) is 18.2 Å². The summed E-state index contributed by atoms with van der Waals surface area (Å²) in [5.74, 6) is -0.0615. The van der Waals surface area contributed by atoms with Crippen molar-refractivity contribution < 1.29 is 19.0 Å². The molecule has 4 nitrogen and oxygen atoms in total. The van der Waals surface area contributed by atoms with E-state index in [-0.39, 0.29) is 29.9 Å². The van der Waals surface area contributed by atoms with Crippen molar-refractivity contribution in [3.05, 3.63) is 29.6 Å². The Hall–Kier alpha value is -1.17. The molecular weight excluding hydrogens is 261 g/mol. The largest absolute Gasteiger partial charge is 0.494 e. The average molecular weight is 283 g/mol. The second kappa shape index (κ2) is 6.08. The van der Waals surface area contributed by atoms with E-state index < -0.39 is 0 Å². The number of methoxy groups -OCH3 is 1. The fourth-order valence-corrected chi connectivity index (χ4v) is 2.71. The van der Waals surface area contributed by atoms with Crippen LogP contribution in [0, 0.1) is 5.82 Å². The van der Waals surface area contributed by atoms with E-state index in [1.165, 1.54) is 7.11 Å². The molecule has 2 rings (SSSR count). The average Bonchev–Trinajstić information content (AvgIpc) is 2.39. The van der Waals surface area contributed by atoms with Crippen molar-refractivity contribution in [2.45, 2.75) is 32.1 Å². The van der Waals surface area contributed by atoms with Gasteiger partial charge in [-0.05, 0) is 19.9 Å². The van der Waals surface area contributed by atoms with Gasteiger partial charge in [-0.25, -0.2) is 4.39 Å². The molecule has 0 spiro atoms. The van der Waals surface area contributed by atoms with Gasteiger partial charge >= 0.3 is 0 Å². The van der Waals surface area contributed by atoms with Crippen molar-refractivity contribution in [1.82, 2.24) is 4.90 Å². The van der Waals surface area contributed by atoms with Crippen molar-refractivity contribution in [2.24, 2.45) is 0 Å². The van der Waals surface area contributed by atoms with E-state index in [4.69, 9.17) is 9.47 Å². The zero-order valence-electron chi connectivity index (χ0n) is 12.2. The lowest BCUT2D eigenvalue weighted by Gasteiger charge is -2.42.